The van der Waals surface area contributed by atoms with E-state index in [9.17, 15) is 35.9 Å². The summed E-state index contributed by atoms with van der Waals surface area (Å²) < 4.78 is 81.9. The Labute approximate surface area is 223 Å². The highest BCUT2D eigenvalue weighted by Crippen LogP contribution is 2.31. The van der Waals surface area contributed by atoms with E-state index in [-0.39, 0.29) is 17.7 Å². The van der Waals surface area contributed by atoms with Gasteiger partial charge in [-0.25, -0.2) is 13.2 Å². The summed E-state index contributed by atoms with van der Waals surface area (Å²) in [6.07, 6.45) is -2.52. The van der Waals surface area contributed by atoms with E-state index in [1.165, 1.54) is 31.3 Å². The highest BCUT2D eigenvalue weighted by molar-refractivity contribution is 5.94. The number of amides is 2. The average molecular weight is 561 g/mol. The number of rotatable bonds is 8. The van der Waals surface area contributed by atoms with E-state index in [1.807, 2.05) is 0 Å². The third-order valence-corrected chi connectivity index (χ3v) is 6.07. The summed E-state index contributed by atoms with van der Waals surface area (Å²) in [5.74, 6) is -4.37. The third kappa shape index (κ3) is 6.30. The normalized spacial score (nSPS) is 13.1. The number of halogens is 6. The van der Waals surface area contributed by atoms with Crippen LogP contribution in [0.3, 0.4) is 0 Å². The molecule has 2 aromatic heterocycles. The molecular weight excluding hydrogens is 540 g/mol. The maximum atomic E-state index is 14.1. The molecule has 0 fully saturated rings. The lowest BCUT2D eigenvalue weighted by atomic mass is 9.94. The zero-order valence-corrected chi connectivity index (χ0v) is 20.7. The zero-order valence-electron chi connectivity index (χ0n) is 20.7. The molecule has 7 nitrogen and oxygen atoms in total. The molecule has 0 aliphatic rings. The van der Waals surface area contributed by atoms with Crippen molar-refractivity contribution in [1.29, 1.82) is 0 Å². The predicted octanol–water partition coefficient (Wildman–Crippen LogP) is 5.14. The van der Waals surface area contributed by atoms with Crippen LogP contribution >= 0.6 is 0 Å². The number of carbonyl (C=O) groups excluding carboxylic acids is 2. The van der Waals surface area contributed by atoms with Crippen LogP contribution in [0.25, 0.3) is 11.1 Å². The van der Waals surface area contributed by atoms with Crippen molar-refractivity contribution in [2.24, 2.45) is 5.73 Å². The van der Waals surface area contributed by atoms with Crippen LogP contribution in [0.15, 0.2) is 67.0 Å². The topological polar surface area (TPSA) is 103 Å². The minimum atomic E-state index is -4.72. The molecule has 2 amide bonds. The van der Waals surface area contributed by atoms with Gasteiger partial charge in [0.25, 0.3) is 5.91 Å². The Morgan fingerprint density at radius 3 is 2.35 bits per heavy atom. The lowest BCUT2D eigenvalue weighted by Crippen LogP contribution is -2.36. The molecule has 0 aliphatic heterocycles. The minimum absolute atomic E-state index is 0.141. The highest BCUT2D eigenvalue weighted by Gasteiger charge is 2.34. The molecule has 2 aromatic carbocycles. The molecule has 3 N–H and O–H groups in total. The highest BCUT2D eigenvalue weighted by atomic mass is 19.4. The van der Waals surface area contributed by atoms with Crippen LogP contribution < -0.4 is 11.1 Å². The number of nitrogens with one attached hydrogen (secondary N) is 1. The molecule has 4 aromatic rings. The number of benzene rings is 2. The Bertz CT molecular complexity index is 1550. The lowest BCUT2D eigenvalue weighted by Gasteiger charge is -2.23. The Kier molecular flexibility index (Phi) is 7.93. The van der Waals surface area contributed by atoms with Crippen LogP contribution in [0.1, 0.15) is 46.3 Å². The van der Waals surface area contributed by atoms with Gasteiger partial charge in [-0.3, -0.25) is 19.3 Å². The summed E-state index contributed by atoms with van der Waals surface area (Å²) in [4.78, 5) is 29.2. The van der Waals surface area contributed by atoms with E-state index >= 15 is 0 Å². The standard InChI is InChI=1S/C27H21F6N5O2/c1-14(38-8-6-23(37-38)27(31,32)33)26(40)36-22(11-15-9-17(28)13-18(29)10-15)24-19(3-2-7-35-24)16-4-5-21(30)20(12-16)25(34)39/h2-10,12-14,22H,11H2,1H3,(H2,34,39)(H,36,40)/t14?,22-/m0/s1. The molecule has 40 heavy (non-hydrogen) atoms. The third-order valence-electron chi connectivity index (χ3n) is 6.07. The first-order valence-corrected chi connectivity index (χ1v) is 11.8. The number of alkyl halides is 3. The van der Waals surface area contributed by atoms with Gasteiger partial charge in [0.15, 0.2) is 5.69 Å². The van der Waals surface area contributed by atoms with Crippen molar-refractivity contribution in [2.45, 2.75) is 31.6 Å². The number of hydrogen-bond donors (Lipinski definition) is 2. The lowest BCUT2D eigenvalue weighted by molar-refractivity contribution is -0.142. The van der Waals surface area contributed by atoms with Crippen LogP contribution in [0.2, 0.25) is 0 Å². The second-order valence-corrected chi connectivity index (χ2v) is 8.89. The van der Waals surface area contributed by atoms with Crippen molar-refractivity contribution in [1.82, 2.24) is 20.1 Å². The predicted molar refractivity (Wildman–Crippen MR) is 131 cm³/mol. The SMILES string of the molecule is CC(C(=O)N[C@@H](Cc1cc(F)cc(F)c1)c1ncccc1-c1ccc(F)c(C(N)=O)c1)n1ccc(C(F)(F)F)n1. The van der Waals surface area contributed by atoms with Gasteiger partial charge < -0.3 is 11.1 Å². The van der Waals surface area contributed by atoms with Gasteiger partial charge in [0.05, 0.1) is 17.3 Å². The number of hydrogen-bond acceptors (Lipinski definition) is 4. The minimum Gasteiger partial charge on any atom is -0.366 e. The first-order valence-electron chi connectivity index (χ1n) is 11.8. The number of nitrogens with zero attached hydrogens (tertiary/aromatic N) is 3. The van der Waals surface area contributed by atoms with Crippen LogP contribution in [0.5, 0.6) is 0 Å². The fourth-order valence-electron chi connectivity index (χ4n) is 4.12. The summed E-state index contributed by atoms with van der Waals surface area (Å²) in [5, 5.41) is 6.10. The van der Waals surface area contributed by atoms with Crippen molar-refractivity contribution in [3.8, 4) is 11.1 Å². The van der Waals surface area contributed by atoms with Gasteiger partial charge in [-0.15, -0.1) is 0 Å². The first-order chi connectivity index (χ1) is 18.8. The summed E-state index contributed by atoms with van der Waals surface area (Å²) in [7, 11) is 0. The van der Waals surface area contributed by atoms with E-state index in [2.05, 4.69) is 15.4 Å². The monoisotopic (exact) mass is 561 g/mol. The number of nitrogens with two attached hydrogens (primary N) is 1. The quantitative estimate of drug-likeness (QED) is 0.291. The molecule has 0 spiro atoms. The molecule has 0 saturated heterocycles. The van der Waals surface area contributed by atoms with Crippen LogP contribution in [-0.4, -0.2) is 26.6 Å². The summed E-state index contributed by atoms with van der Waals surface area (Å²) in [6, 6.07) is 7.90. The second-order valence-electron chi connectivity index (χ2n) is 8.89. The molecule has 208 valence electrons. The van der Waals surface area contributed by atoms with Crippen molar-refractivity contribution >= 4 is 11.8 Å². The maximum absolute atomic E-state index is 14.1. The van der Waals surface area contributed by atoms with Crippen molar-refractivity contribution in [3.05, 3.63) is 107 Å². The van der Waals surface area contributed by atoms with Crippen molar-refractivity contribution in [3.63, 3.8) is 0 Å². The summed E-state index contributed by atoms with van der Waals surface area (Å²) >= 11 is 0. The maximum Gasteiger partial charge on any atom is 0.435 e. The molecule has 0 bridgehead atoms. The summed E-state index contributed by atoms with van der Waals surface area (Å²) in [6.45, 7) is 1.32. The molecule has 4 rings (SSSR count). The molecule has 13 heteroatoms. The largest absolute Gasteiger partial charge is 0.435 e. The average Bonchev–Trinajstić information content (AvgIpc) is 3.38. The van der Waals surface area contributed by atoms with E-state index in [1.54, 1.807) is 6.07 Å². The number of aromatic nitrogens is 3. The molecule has 0 saturated carbocycles. The van der Waals surface area contributed by atoms with Gasteiger partial charge in [0.2, 0.25) is 5.91 Å². The van der Waals surface area contributed by atoms with Gasteiger partial charge >= 0.3 is 6.18 Å². The Hall–Kier alpha value is -4.68. The Balaban J connectivity index is 1.75. The van der Waals surface area contributed by atoms with Gasteiger partial charge in [-0.1, -0.05) is 12.1 Å². The number of carbonyl (C=O) groups is 2. The molecule has 2 atom stereocenters. The fourth-order valence-corrected chi connectivity index (χ4v) is 4.12. The number of primary amides is 1. The van der Waals surface area contributed by atoms with E-state index in [0.717, 1.165) is 35.1 Å². The van der Waals surface area contributed by atoms with Gasteiger partial charge in [0.1, 0.15) is 23.5 Å². The van der Waals surface area contributed by atoms with Gasteiger partial charge in [-0.2, -0.15) is 18.3 Å². The van der Waals surface area contributed by atoms with Gasteiger partial charge in [-0.05, 0) is 60.9 Å². The molecule has 1 unspecified atom stereocenters. The first kappa shape index (κ1) is 28.3. The van der Waals surface area contributed by atoms with E-state index in [0.29, 0.717) is 17.2 Å². The smallest absolute Gasteiger partial charge is 0.366 e. The van der Waals surface area contributed by atoms with Crippen molar-refractivity contribution < 1.29 is 35.9 Å². The van der Waals surface area contributed by atoms with E-state index < -0.39 is 58.8 Å². The number of pyridine rings is 1. The van der Waals surface area contributed by atoms with Crippen molar-refractivity contribution in [2.75, 3.05) is 0 Å². The summed E-state index contributed by atoms with van der Waals surface area (Å²) in [5.41, 5.74) is 4.64. The Morgan fingerprint density at radius 2 is 1.73 bits per heavy atom. The van der Waals surface area contributed by atoms with Gasteiger partial charge in [0, 0.05) is 24.0 Å². The zero-order chi connectivity index (χ0) is 29.2. The second kappa shape index (κ2) is 11.2. The van der Waals surface area contributed by atoms with Crippen LogP contribution in [0.4, 0.5) is 26.3 Å². The molecule has 2 heterocycles. The van der Waals surface area contributed by atoms with Crippen LogP contribution in [0, 0.1) is 17.5 Å². The fraction of sp³-hybridized carbons (Fsp3) is 0.185. The van der Waals surface area contributed by atoms with E-state index in [4.69, 9.17) is 5.73 Å². The molecule has 0 aliphatic carbocycles. The molecule has 0 radical (unpaired) electrons. The van der Waals surface area contributed by atoms with Crippen LogP contribution in [-0.2, 0) is 17.4 Å². The Morgan fingerprint density at radius 1 is 1.02 bits per heavy atom. The molecular formula is C27H21F6N5O2.